The van der Waals surface area contributed by atoms with E-state index in [-0.39, 0.29) is 12.4 Å². The summed E-state index contributed by atoms with van der Waals surface area (Å²) >= 11 is 5.90. The lowest BCUT2D eigenvalue weighted by Gasteiger charge is -2.25. The van der Waals surface area contributed by atoms with Gasteiger partial charge < -0.3 is 24.2 Å². The van der Waals surface area contributed by atoms with Crippen LogP contribution in [-0.2, 0) is 18.8 Å². The molecular formula is C23H28ClFN3O9P. The highest BCUT2D eigenvalue weighted by atomic mass is 35.5. The van der Waals surface area contributed by atoms with Crippen molar-refractivity contribution >= 4 is 25.7 Å². The van der Waals surface area contributed by atoms with Gasteiger partial charge in [-0.25, -0.2) is 14.0 Å². The van der Waals surface area contributed by atoms with E-state index in [1.807, 2.05) is 11.9 Å². The van der Waals surface area contributed by atoms with E-state index < -0.39 is 61.8 Å². The molecule has 2 aromatic rings. The minimum Gasteiger partial charge on any atom is -0.583 e. The first kappa shape index (κ1) is 29.9. The molecule has 2 N–H and O–H groups in total. The monoisotopic (exact) mass is 575 g/mol. The zero-order valence-corrected chi connectivity index (χ0v) is 22.4. The van der Waals surface area contributed by atoms with E-state index in [4.69, 9.17) is 30.3 Å². The highest BCUT2D eigenvalue weighted by Gasteiger charge is 2.59. The van der Waals surface area contributed by atoms with Crippen LogP contribution in [0.3, 0.4) is 0 Å². The molecule has 1 fully saturated rings. The van der Waals surface area contributed by atoms with E-state index in [0.717, 1.165) is 30.2 Å². The van der Waals surface area contributed by atoms with Gasteiger partial charge in [-0.05, 0) is 44.5 Å². The maximum absolute atomic E-state index is 15.7. The third kappa shape index (κ3) is 7.25. The lowest BCUT2D eigenvalue weighted by Crippen LogP contribution is -2.46. The average molecular weight is 576 g/mol. The third-order valence-electron chi connectivity index (χ3n) is 5.64. The van der Waals surface area contributed by atoms with Gasteiger partial charge in [-0.2, -0.15) is 0 Å². The molecule has 3 unspecified atom stereocenters. The zero-order chi connectivity index (χ0) is 28.0. The lowest BCUT2D eigenvalue weighted by atomic mass is 9.98. The molecule has 1 aliphatic heterocycles. The number of aliphatic hydroxyl groups is 1. The molecule has 0 amide bonds. The number of hydrogen-bond acceptors (Lipinski definition) is 10. The van der Waals surface area contributed by atoms with Gasteiger partial charge in [-0.1, -0.05) is 29.7 Å². The van der Waals surface area contributed by atoms with Crippen LogP contribution < -0.4 is 20.9 Å². The first-order valence-electron chi connectivity index (χ1n) is 11.7. The number of nitrogens with one attached hydrogen (secondary N) is 1. The number of H-pyrrole nitrogens is 1. The van der Waals surface area contributed by atoms with Crippen molar-refractivity contribution in [1.29, 1.82) is 0 Å². The number of halogens is 2. The summed E-state index contributed by atoms with van der Waals surface area (Å²) in [4.78, 5) is 50.5. The largest absolute Gasteiger partial charge is 0.583 e. The second-order valence-electron chi connectivity index (χ2n) is 8.66. The molecule has 0 saturated carbocycles. The first-order chi connectivity index (χ1) is 17.9. The number of rotatable bonds is 11. The Morgan fingerprint density at radius 2 is 2.05 bits per heavy atom. The van der Waals surface area contributed by atoms with Gasteiger partial charge in [0, 0.05) is 17.3 Å². The zero-order valence-electron chi connectivity index (χ0n) is 20.8. The maximum Gasteiger partial charge on any atom is 0.346 e. The van der Waals surface area contributed by atoms with Crippen molar-refractivity contribution in [2.75, 3.05) is 6.61 Å². The Kier molecular flexibility index (Phi) is 10.2. The molecule has 38 heavy (non-hydrogen) atoms. The summed E-state index contributed by atoms with van der Waals surface area (Å²) in [5.74, 6) is -0.581. The molecule has 0 radical (unpaired) electrons. The van der Waals surface area contributed by atoms with Crippen LogP contribution in [0.25, 0.3) is 0 Å². The SMILES string of the molecule is CCCCOC(=O)C(C)N=[P+]([O-])OC(Oc1ccc(Cl)cc1)[C@@H]1O[C@@H](n2ccc(=O)[nH]c2=O)[C@](C)(F)[C@@H]1O. The van der Waals surface area contributed by atoms with Gasteiger partial charge in [0.15, 0.2) is 24.0 Å². The lowest BCUT2D eigenvalue weighted by molar-refractivity contribution is -0.206. The van der Waals surface area contributed by atoms with E-state index in [0.29, 0.717) is 11.4 Å². The smallest absolute Gasteiger partial charge is 0.346 e. The van der Waals surface area contributed by atoms with Crippen molar-refractivity contribution in [3.8, 4) is 5.75 Å². The molecule has 7 atom stereocenters. The molecular weight excluding hydrogens is 548 g/mol. The fourth-order valence-electron chi connectivity index (χ4n) is 3.52. The summed E-state index contributed by atoms with van der Waals surface area (Å²) in [5, 5.41) is 11.2. The summed E-state index contributed by atoms with van der Waals surface area (Å²) in [6.45, 7) is 4.45. The Bertz CT molecular complexity index is 1250. The topological polar surface area (TPSA) is 164 Å². The van der Waals surface area contributed by atoms with E-state index in [9.17, 15) is 24.4 Å². The number of carbonyl (C=O) groups is 1. The van der Waals surface area contributed by atoms with Gasteiger partial charge in [0.05, 0.1) is 6.61 Å². The van der Waals surface area contributed by atoms with Gasteiger partial charge >= 0.3 is 19.8 Å². The summed E-state index contributed by atoms with van der Waals surface area (Å²) < 4.78 is 42.1. The van der Waals surface area contributed by atoms with E-state index in [1.165, 1.54) is 31.2 Å². The molecule has 2 heterocycles. The van der Waals surface area contributed by atoms with Crippen molar-refractivity contribution in [3.05, 3.63) is 62.4 Å². The summed E-state index contributed by atoms with van der Waals surface area (Å²) in [5.41, 5.74) is -4.28. The number of hydrogen-bond donors (Lipinski definition) is 2. The molecule has 15 heteroatoms. The molecule has 0 spiro atoms. The fourth-order valence-corrected chi connectivity index (χ4v) is 4.42. The molecule has 1 aromatic heterocycles. The Labute approximate surface area is 222 Å². The van der Waals surface area contributed by atoms with Crippen molar-refractivity contribution in [3.63, 3.8) is 0 Å². The Morgan fingerprint density at radius 1 is 1.37 bits per heavy atom. The number of nitrogens with zero attached hydrogens (tertiary/aromatic N) is 2. The highest BCUT2D eigenvalue weighted by Crippen LogP contribution is 2.43. The molecule has 208 valence electrons. The van der Waals surface area contributed by atoms with E-state index in [1.54, 1.807) is 0 Å². The van der Waals surface area contributed by atoms with Gasteiger partial charge in [-0.3, -0.25) is 14.3 Å². The molecule has 0 bridgehead atoms. The van der Waals surface area contributed by atoms with Crippen LogP contribution in [-0.4, -0.2) is 57.4 Å². The Morgan fingerprint density at radius 3 is 2.68 bits per heavy atom. The number of aromatic nitrogens is 2. The van der Waals surface area contributed by atoms with Crippen molar-refractivity contribution < 1.29 is 37.9 Å². The highest BCUT2D eigenvalue weighted by molar-refractivity contribution is 7.33. The molecule has 1 saturated heterocycles. The minimum absolute atomic E-state index is 0.135. The third-order valence-corrected chi connectivity index (χ3v) is 6.82. The number of aromatic amines is 1. The van der Waals surface area contributed by atoms with E-state index >= 15 is 4.39 Å². The van der Waals surface area contributed by atoms with Crippen LogP contribution in [0, 0.1) is 0 Å². The summed E-state index contributed by atoms with van der Waals surface area (Å²) in [6.07, 6.45) is -4.56. The molecule has 1 aliphatic rings. The van der Waals surface area contributed by atoms with Crippen LogP contribution in [0.15, 0.2) is 50.9 Å². The number of benzene rings is 1. The normalized spacial score (nSPS) is 25.1. The molecule has 1 aromatic carbocycles. The maximum atomic E-state index is 15.7. The predicted molar refractivity (Wildman–Crippen MR) is 132 cm³/mol. The van der Waals surface area contributed by atoms with E-state index in [2.05, 4.69) is 4.74 Å². The number of carbonyl (C=O) groups excluding carboxylic acids is 1. The first-order valence-corrected chi connectivity index (χ1v) is 13.2. The number of esters is 1. The quantitative estimate of drug-likeness (QED) is 0.177. The van der Waals surface area contributed by atoms with Crippen molar-refractivity contribution in [1.82, 2.24) is 9.55 Å². The fraction of sp³-hybridized carbons (Fsp3) is 0.522. The van der Waals surface area contributed by atoms with Crippen LogP contribution in [0.2, 0.25) is 5.02 Å². The number of alkyl halides is 1. The predicted octanol–water partition coefficient (Wildman–Crippen LogP) is 2.19. The number of unbranched alkanes of at least 4 members (excludes halogenated alkanes) is 1. The molecule has 12 nitrogen and oxygen atoms in total. The van der Waals surface area contributed by atoms with Gasteiger partial charge in [0.2, 0.25) is 0 Å². The standard InChI is InChI=1S/C23H28ClFN3O9P/c1-4-5-12-34-19(31)13(2)27-38(33)37-20(35-15-8-6-14(24)7-9-15)17-18(30)23(3,25)21(36-17)28-11-10-16(29)26-22(28)32/h6-11,13,17-18,20-21,30H,4-5,12H2,1-3H3,(H,26,29,32)/t13?,17-,18-,20?,21-,23-/m1/s1. The number of aliphatic hydroxyl groups excluding tert-OH is 1. The van der Waals surface area contributed by atoms with Crippen LogP contribution in [0.4, 0.5) is 4.39 Å². The Balaban J connectivity index is 1.88. The van der Waals surface area contributed by atoms with Crippen LogP contribution >= 0.6 is 19.8 Å². The molecule has 0 aliphatic carbocycles. The average Bonchev–Trinajstić information content (AvgIpc) is 3.09. The Hall–Kier alpha value is -2.67. The van der Waals surface area contributed by atoms with Gasteiger partial charge in [0.25, 0.3) is 11.8 Å². The molecule has 3 rings (SSSR count). The number of ether oxygens (including phenoxy) is 3. The van der Waals surface area contributed by atoms with Crippen LogP contribution in [0.5, 0.6) is 5.75 Å². The van der Waals surface area contributed by atoms with Crippen molar-refractivity contribution in [2.45, 2.75) is 70.0 Å². The van der Waals surface area contributed by atoms with Gasteiger partial charge in [0.1, 0.15) is 11.9 Å². The van der Waals surface area contributed by atoms with Crippen molar-refractivity contribution in [2.24, 2.45) is 4.74 Å². The van der Waals surface area contributed by atoms with Crippen LogP contribution in [0.1, 0.15) is 39.8 Å². The second kappa shape index (κ2) is 12.9. The minimum atomic E-state index is -2.96. The summed E-state index contributed by atoms with van der Waals surface area (Å²) in [6, 6.07) is 5.68. The van der Waals surface area contributed by atoms with Gasteiger partial charge in [-0.15, -0.1) is 4.52 Å². The summed E-state index contributed by atoms with van der Waals surface area (Å²) in [7, 11) is -2.96. The second-order valence-corrected chi connectivity index (χ2v) is 10.0.